The summed E-state index contributed by atoms with van der Waals surface area (Å²) in [5.41, 5.74) is 3.94. The Morgan fingerprint density at radius 3 is 2.68 bits per heavy atom. The van der Waals surface area contributed by atoms with E-state index in [0.717, 1.165) is 23.3 Å². The highest BCUT2D eigenvalue weighted by atomic mass is 32.1. The third-order valence-electron chi connectivity index (χ3n) is 5.59. The van der Waals surface area contributed by atoms with E-state index in [1.165, 1.54) is 46.6 Å². The van der Waals surface area contributed by atoms with Crippen LogP contribution in [0.1, 0.15) is 49.1 Å². The number of amides is 2. The summed E-state index contributed by atoms with van der Waals surface area (Å²) in [5.74, 6) is -0.795. The number of hydrogen-bond acceptors (Lipinski definition) is 5. The lowest BCUT2D eigenvalue weighted by Crippen LogP contribution is -2.42. The number of fused-ring (bicyclic) bond motifs is 1. The highest BCUT2D eigenvalue weighted by Crippen LogP contribution is 2.43. The number of urea groups is 1. The summed E-state index contributed by atoms with van der Waals surface area (Å²) >= 11 is 2.92. The molecule has 3 heterocycles. The molecule has 1 aromatic carbocycles. The smallest absolute Gasteiger partial charge is 0.350 e. The Bertz CT molecular complexity index is 1120. The standard InChI is InChI=1S/C23H23FN2O3S2/c1-4-16-13(2)31-20-17(16)9-11-26(19(20)14-5-7-15(24)8-6-14)23(28)25-18-10-12-30-21(18)22(27)29-3/h5-8,10,12,19H,4,9,11H2,1-3H3,(H,25,28)/t19-/m0/s1. The quantitative estimate of drug-likeness (QED) is 0.504. The van der Waals surface area contributed by atoms with Crippen LogP contribution in [0.2, 0.25) is 0 Å². The van der Waals surface area contributed by atoms with Crippen LogP contribution >= 0.6 is 22.7 Å². The predicted molar refractivity (Wildman–Crippen MR) is 122 cm³/mol. The van der Waals surface area contributed by atoms with Crippen molar-refractivity contribution in [2.75, 3.05) is 19.0 Å². The Hall–Kier alpha value is -2.71. The van der Waals surface area contributed by atoms with Crippen molar-refractivity contribution in [2.45, 2.75) is 32.7 Å². The molecule has 0 radical (unpaired) electrons. The molecule has 5 nitrogen and oxygen atoms in total. The largest absolute Gasteiger partial charge is 0.465 e. The number of ether oxygens (including phenoxy) is 1. The average Bonchev–Trinajstić information content (AvgIpc) is 3.36. The highest BCUT2D eigenvalue weighted by molar-refractivity contribution is 7.12. The zero-order valence-corrected chi connectivity index (χ0v) is 19.2. The molecule has 2 aromatic heterocycles. The minimum atomic E-state index is -0.484. The first-order valence-corrected chi connectivity index (χ1v) is 11.7. The molecule has 31 heavy (non-hydrogen) atoms. The van der Waals surface area contributed by atoms with Crippen molar-refractivity contribution in [1.82, 2.24) is 4.90 Å². The molecule has 1 atom stereocenters. The predicted octanol–water partition coefficient (Wildman–Crippen LogP) is 5.79. The van der Waals surface area contributed by atoms with Gasteiger partial charge in [-0.15, -0.1) is 22.7 Å². The lowest BCUT2D eigenvalue weighted by atomic mass is 9.92. The molecule has 3 aromatic rings. The van der Waals surface area contributed by atoms with Gasteiger partial charge in [-0.2, -0.15) is 0 Å². The van der Waals surface area contributed by atoms with Gasteiger partial charge in [0, 0.05) is 16.3 Å². The second kappa shape index (κ2) is 8.80. The Balaban J connectivity index is 1.72. The van der Waals surface area contributed by atoms with E-state index >= 15 is 0 Å². The number of anilines is 1. The van der Waals surface area contributed by atoms with Gasteiger partial charge in [0.05, 0.1) is 18.8 Å². The topological polar surface area (TPSA) is 58.6 Å². The minimum Gasteiger partial charge on any atom is -0.465 e. The third kappa shape index (κ3) is 3.97. The van der Waals surface area contributed by atoms with E-state index in [2.05, 4.69) is 19.2 Å². The number of benzene rings is 1. The number of carbonyl (C=O) groups excluding carboxylic acids is 2. The SMILES string of the molecule is CCc1c(C)sc2c1CCN(C(=O)Nc1ccsc1C(=O)OC)[C@H]2c1ccc(F)cc1. The zero-order valence-electron chi connectivity index (χ0n) is 17.5. The molecule has 0 saturated heterocycles. The molecule has 162 valence electrons. The highest BCUT2D eigenvalue weighted by Gasteiger charge is 2.35. The second-order valence-corrected chi connectivity index (χ2v) is 9.49. The molecule has 1 N–H and O–H groups in total. The van der Waals surface area contributed by atoms with Gasteiger partial charge in [-0.3, -0.25) is 0 Å². The second-order valence-electron chi connectivity index (χ2n) is 7.32. The fraction of sp³-hybridized carbons (Fsp3) is 0.304. The Morgan fingerprint density at radius 2 is 2.00 bits per heavy atom. The summed E-state index contributed by atoms with van der Waals surface area (Å²) in [6.45, 7) is 4.79. The summed E-state index contributed by atoms with van der Waals surface area (Å²) in [6.07, 6.45) is 1.71. The molecule has 0 unspecified atom stereocenters. The number of aryl methyl sites for hydroxylation is 1. The van der Waals surface area contributed by atoms with Crippen molar-refractivity contribution in [3.63, 3.8) is 0 Å². The van der Waals surface area contributed by atoms with Crippen LogP contribution in [0.25, 0.3) is 0 Å². The minimum absolute atomic E-state index is 0.298. The number of thiophene rings is 2. The zero-order chi connectivity index (χ0) is 22.1. The molecule has 8 heteroatoms. The average molecular weight is 459 g/mol. The molecular weight excluding hydrogens is 435 g/mol. The number of methoxy groups -OCH3 is 1. The maximum absolute atomic E-state index is 13.6. The number of esters is 1. The fourth-order valence-electron chi connectivity index (χ4n) is 4.15. The van der Waals surface area contributed by atoms with Gasteiger partial charge in [-0.25, -0.2) is 14.0 Å². The lowest BCUT2D eigenvalue weighted by molar-refractivity contribution is 0.0607. The Kier molecular flexibility index (Phi) is 6.11. The van der Waals surface area contributed by atoms with Crippen molar-refractivity contribution in [1.29, 1.82) is 0 Å². The molecule has 0 spiro atoms. The first kappa shape index (κ1) is 21.5. The van der Waals surface area contributed by atoms with E-state index in [9.17, 15) is 14.0 Å². The number of halogens is 1. The first-order chi connectivity index (χ1) is 14.9. The number of nitrogens with zero attached hydrogens (tertiary/aromatic N) is 1. The lowest BCUT2D eigenvalue weighted by Gasteiger charge is -2.36. The molecular formula is C23H23FN2O3S2. The molecule has 1 aliphatic heterocycles. The van der Waals surface area contributed by atoms with Crippen LogP contribution < -0.4 is 5.32 Å². The summed E-state index contributed by atoms with van der Waals surface area (Å²) < 4.78 is 18.4. The summed E-state index contributed by atoms with van der Waals surface area (Å²) in [4.78, 5) is 29.8. The van der Waals surface area contributed by atoms with Crippen molar-refractivity contribution >= 4 is 40.4 Å². The van der Waals surface area contributed by atoms with Gasteiger partial charge in [-0.1, -0.05) is 19.1 Å². The van der Waals surface area contributed by atoms with Crippen LogP contribution in [0.4, 0.5) is 14.9 Å². The Labute approximate surface area is 188 Å². The fourth-order valence-corrected chi connectivity index (χ4v) is 6.36. The number of carbonyl (C=O) groups is 2. The first-order valence-electron chi connectivity index (χ1n) is 10.0. The van der Waals surface area contributed by atoms with Gasteiger partial charge < -0.3 is 15.0 Å². The van der Waals surface area contributed by atoms with Crippen molar-refractivity contribution < 1.29 is 18.7 Å². The van der Waals surface area contributed by atoms with E-state index < -0.39 is 5.97 Å². The molecule has 0 fully saturated rings. The normalized spacial score (nSPS) is 15.5. The molecule has 0 saturated carbocycles. The monoisotopic (exact) mass is 458 g/mol. The van der Waals surface area contributed by atoms with Gasteiger partial charge in [-0.05, 0) is 60.0 Å². The van der Waals surface area contributed by atoms with E-state index in [4.69, 9.17) is 4.74 Å². The molecule has 2 amide bonds. The van der Waals surface area contributed by atoms with Crippen molar-refractivity contribution in [2.24, 2.45) is 0 Å². The summed E-state index contributed by atoms with van der Waals surface area (Å²) in [6, 6.07) is 7.41. The van der Waals surface area contributed by atoms with Gasteiger partial charge in [0.2, 0.25) is 0 Å². The number of nitrogens with one attached hydrogen (secondary N) is 1. The van der Waals surface area contributed by atoms with Gasteiger partial charge in [0.15, 0.2) is 0 Å². The van der Waals surface area contributed by atoms with Crippen LogP contribution in [-0.4, -0.2) is 30.6 Å². The molecule has 4 rings (SSSR count). The van der Waals surface area contributed by atoms with E-state index in [1.54, 1.807) is 39.8 Å². The third-order valence-corrected chi connectivity index (χ3v) is 7.73. The maximum Gasteiger partial charge on any atom is 0.350 e. The van der Waals surface area contributed by atoms with E-state index in [0.29, 0.717) is 17.1 Å². The Morgan fingerprint density at radius 1 is 1.26 bits per heavy atom. The van der Waals surface area contributed by atoms with Crippen molar-refractivity contribution in [3.8, 4) is 0 Å². The van der Waals surface area contributed by atoms with Gasteiger partial charge in [0.1, 0.15) is 10.7 Å². The van der Waals surface area contributed by atoms with Crippen LogP contribution in [0.3, 0.4) is 0 Å². The van der Waals surface area contributed by atoms with Crippen molar-refractivity contribution in [3.05, 3.63) is 72.9 Å². The summed E-state index contributed by atoms with van der Waals surface area (Å²) in [7, 11) is 1.31. The summed E-state index contributed by atoms with van der Waals surface area (Å²) in [5, 5.41) is 4.62. The van der Waals surface area contributed by atoms with E-state index in [-0.39, 0.29) is 17.9 Å². The molecule has 0 bridgehead atoms. The molecule has 1 aliphatic rings. The number of rotatable bonds is 4. The maximum atomic E-state index is 13.6. The van der Waals surface area contributed by atoms with Gasteiger partial charge in [0.25, 0.3) is 0 Å². The van der Waals surface area contributed by atoms with Crippen LogP contribution in [0.15, 0.2) is 35.7 Å². The molecule has 0 aliphatic carbocycles. The van der Waals surface area contributed by atoms with Crippen LogP contribution in [0.5, 0.6) is 0 Å². The van der Waals surface area contributed by atoms with Gasteiger partial charge >= 0.3 is 12.0 Å². The van der Waals surface area contributed by atoms with E-state index in [1.807, 2.05) is 0 Å². The van der Waals surface area contributed by atoms with Crippen LogP contribution in [-0.2, 0) is 17.6 Å². The number of hydrogen-bond donors (Lipinski definition) is 1. The van der Waals surface area contributed by atoms with Crippen LogP contribution in [0, 0.1) is 12.7 Å².